The number of aliphatic hydroxyl groups excluding tert-OH is 1. The summed E-state index contributed by atoms with van der Waals surface area (Å²) in [5.41, 5.74) is -3.91. The van der Waals surface area contributed by atoms with Crippen LogP contribution in [0.5, 0.6) is 0 Å². The molecule has 2 N–H and O–H groups in total. The van der Waals surface area contributed by atoms with Gasteiger partial charge >= 0.3 is 5.51 Å². The molecule has 9 heteroatoms. The third kappa shape index (κ3) is 4.69. The minimum absolute atomic E-state index is 0.165. The van der Waals surface area contributed by atoms with Gasteiger partial charge in [-0.05, 0) is 43.3 Å². The van der Waals surface area contributed by atoms with Crippen molar-refractivity contribution < 1.29 is 27.1 Å². The van der Waals surface area contributed by atoms with Crippen LogP contribution in [0.4, 0.5) is 23.2 Å². The molecule has 2 aromatic rings. The van der Waals surface area contributed by atoms with Crippen molar-refractivity contribution in [3.05, 3.63) is 24.0 Å². The van der Waals surface area contributed by atoms with Crippen molar-refractivity contribution in [1.82, 2.24) is 4.90 Å². The molecule has 2 atom stereocenters. The van der Waals surface area contributed by atoms with Gasteiger partial charge in [-0.2, -0.15) is 13.2 Å². The zero-order valence-electron chi connectivity index (χ0n) is 14.4. The average Bonchev–Trinajstić information content (AvgIpc) is 2.92. The summed E-state index contributed by atoms with van der Waals surface area (Å²) >= 11 is -0.317. The minimum atomic E-state index is -4.52. The monoisotopic (exact) mass is 402 g/mol. The lowest BCUT2D eigenvalue weighted by atomic mass is 10.0. The third-order valence-electron chi connectivity index (χ3n) is 4.25. The number of halogens is 4. The number of benzene rings is 1. The first kappa shape index (κ1) is 19.9. The van der Waals surface area contributed by atoms with E-state index in [0.717, 1.165) is 0 Å². The molecule has 27 heavy (non-hydrogen) atoms. The number of likely N-dealkylation sites (tertiary alicyclic amines) is 1. The fourth-order valence-corrected chi connectivity index (χ4v) is 3.74. The second-order valence-electron chi connectivity index (χ2n) is 6.27. The number of hydrogen-bond acceptors (Lipinski definition) is 5. The number of nitrogens with one attached hydrogen (secondary N) is 1. The maximum atomic E-state index is 14.3. The van der Waals surface area contributed by atoms with Crippen LogP contribution in [0.25, 0.3) is 11.0 Å². The lowest BCUT2D eigenvalue weighted by Crippen LogP contribution is -2.46. The van der Waals surface area contributed by atoms with E-state index >= 15 is 0 Å². The Balaban J connectivity index is 2.00. The third-order valence-corrected chi connectivity index (χ3v) is 5.10. The first-order valence-electron chi connectivity index (χ1n) is 8.28. The molecule has 1 aromatic heterocycles. The molecule has 3 rings (SSSR count). The molecule has 1 aliphatic rings. The van der Waals surface area contributed by atoms with Gasteiger partial charge in [0.1, 0.15) is 12.8 Å². The number of rotatable bonds is 3. The predicted octanol–water partition coefficient (Wildman–Crippen LogP) is 3.84. The quantitative estimate of drug-likeness (QED) is 0.464. The average molecular weight is 402 g/mol. The van der Waals surface area contributed by atoms with Crippen molar-refractivity contribution in [2.75, 3.05) is 32.1 Å². The number of anilines is 1. The summed E-state index contributed by atoms with van der Waals surface area (Å²) < 4.78 is 58.8. The molecular formula is C18H18F4N2O2S. The summed E-state index contributed by atoms with van der Waals surface area (Å²) in [6, 6.07) is 4.28. The van der Waals surface area contributed by atoms with Gasteiger partial charge in [-0.3, -0.25) is 0 Å². The molecule has 0 spiro atoms. The molecular weight excluding hydrogens is 384 g/mol. The number of furan rings is 1. The van der Waals surface area contributed by atoms with E-state index in [1.807, 2.05) is 11.9 Å². The van der Waals surface area contributed by atoms with Crippen molar-refractivity contribution in [3.63, 3.8) is 0 Å². The highest BCUT2D eigenvalue weighted by Gasteiger charge is 2.34. The van der Waals surface area contributed by atoms with Gasteiger partial charge in [-0.1, -0.05) is 12.0 Å². The van der Waals surface area contributed by atoms with E-state index in [2.05, 4.69) is 17.2 Å². The molecule has 0 amide bonds. The summed E-state index contributed by atoms with van der Waals surface area (Å²) in [6.45, 7) is 0.500. The van der Waals surface area contributed by atoms with Crippen LogP contribution >= 0.6 is 11.8 Å². The van der Waals surface area contributed by atoms with Crippen molar-refractivity contribution >= 4 is 28.4 Å². The van der Waals surface area contributed by atoms with E-state index in [1.165, 1.54) is 6.07 Å². The van der Waals surface area contributed by atoms with E-state index in [1.54, 1.807) is 12.1 Å². The molecule has 0 bridgehead atoms. The molecule has 0 saturated carbocycles. The van der Waals surface area contributed by atoms with Gasteiger partial charge in [0, 0.05) is 18.5 Å². The summed E-state index contributed by atoms with van der Waals surface area (Å²) in [7, 11) is 1.84. The Hall–Kier alpha value is -1.89. The molecule has 1 fully saturated rings. The van der Waals surface area contributed by atoms with Crippen molar-refractivity contribution in [1.29, 1.82) is 0 Å². The molecule has 1 aromatic carbocycles. The Morgan fingerprint density at radius 3 is 2.85 bits per heavy atom. The Morgan fingerprint density at radius 1 is 1.41 bits per heavy atom. The van der Waals surface area contributed by atoms with Crippen LogP contribution in [0.1, 0.15) is 12.2 Å². The number of piperidine rings is 1. The van der Waals surface area contributed by atoms with E-state index in [0.29, 0.717) is 18.7 Å². The van der Waals surface area contributed by atoms with Crippen molar-refractivity contribution in [2.24, 2.45) is 0 Å². The van der Waals surface area contributed by atoms with Crippen LogP contribution in [0.2, 0.25) is 0 Å². The number of nitrogens with zero attached hydrogens (tertiary/aromatic N) is 1. The van der Waals surface area contributed by atoms with E-state index < -0.39 is 24.3 Å². The molecule has 2 heterocycles. The van der Waals surface area contributed by atoms with Crippen LogP contribution in [-0.2, 0) is 0 Å². The van der Waals surface area contributed by atoms with Gasteiger partial charge in [0.05, 0.1) is 16.6 Å². The minimum Gasteiger partial charge on any atom is -0.444 e. The van der Waals surface area contributed by atoms with Crippen molar-refractivity contribution in [2.45, 2.75) is 29.0 Å². The van der Waals surface area contributed by atoms with Gasteiger partial charge in [-0.15, -0.1) is 0 Å². The number of fused-ring (bicyclic) bond motifs is 1. The summed E-state index contributed by atoms with van der Waals surface area (Å²) in [4.78, 5) is 1.72. The number of aliphatic hydroxyl groups is 1. The van der Waals surface area contributed by atoms with Crippen molar-refractivity contribution in [3.8, 4) is 11.8 Å². The molecule has 0 unspecified atom stereocenters. The van der Waals surface area contributed by atoms with Crippen LogP contribution in [-0.4, -0.2) is 54.5 Å². The maximum absolute atomic E-state index is 14.3. The highest BCUT2D eigenvalue weighted by Crippen LogP contribution is 2.45. The first-order valence-corrected chi connectivity index (χ1v) is 9.10. The zero-order valence-corrected chi connectivity index (χ0v) is 15.3. The van der Waals surface area contributed by atoms with E-state index in [4.69, 9.17) is 9.52 Å². The Bertz CT molecular complexity index is 872. The normalized spacial score (nSPS) is 21.1. The number of para-hydroxylation sites is 1. The van der Waals surface area contributed by atoms with Crippen LogP contribution in [0.15, 0.2) is 27.5 Å². The second kappa shape index (κ2) is 8.00. The summed E-state index contributed by atoms with van der Waals surface area (Å²) in [5.74, 6) is 4.56. The fourth-order valence-electron chi connectivity index (χ4n) is 3.05. The summed E-state index contributed by atoms with van der Waals surface area (Å²) in [6.07, 6.45) is -0.539. The maximum Gasteiger partial charge on any atom is 0.446 e. The topological polar surface area (TPSA) is 48.6 Å². The van der Waals surface area contributed by atoms with Crippen LogP contribution < -0.4 is 5.32 Å². The van der Waals surface area contributed by atoms with Gasteiger partial charge < -0.3 is 19.7 Å². The Morgan fingerprint density at radius 2 is 2.19 bits per heavy atom. The van der Waals surface area contributed by atoms with Gasteiger partial charge in [0.25, 0.3) is 0 Å². The predicted molar refractivity (Wildman–Crippen MR) is 96.5 cm³/mol. The molecule has 0 aliphatic carbocycles. The standard InChI is InChI=1S/C18H18F4N2O2S/c1-24-8-7-13(12(19)10-24)23-14-5-2-4-11-16(14)26-15(6-3-9-25)17(11)27-18(20,21)22/h2,4-5,12-13,23,25H,7-10H2,1H3/t12-,13+/m0/s1. The van der Waals surface area contributed by atoms with E-state index in [-0.39, 0.29) is 39.9 Å². The fraction of sp³-hybridized carbons (Fsp3) is 0.444. The van der Waals surface area contributed by atoms with Gasteiger partial charge in [0.15, 0.2) is 11.3 Å². The van der Waals surface area contributed by atoms with Gasteiger partial charge in [0.2, 0.25) is 0 Å². The number of alkyl halides is 4. The highest BCUT2D eigenvalue weighted by atomic mass is 32.2. The van der Waals surface area contributed by atoms with Crippen LogP contribution in [0.3, 0.4) is 0 Å². The highest BCUT2D eigenvalue weighted by molar-refractivity contribution is 8.00. The number of thioether (sulfide) groups is 1. The SMILES string of the molecule is CN1CC[C@@H](Nc2cccc3c(SC(F)(F)F)c(C#CCO)oc23)[C@@H](F)C1. The largest absolute Gasteiger partial charge is 0.446 e. The Labute approximate surface area is 157 Å². The van der Waals surface area contributed by atoms with E-state index in [9.17, 15) is 17.6 Å². The smallest absolute Gasteiger partial charge is 0.444 e. The molecule has 0 radical (unpaired) electrons. The lowest BCUT2D eigenvalue weighted by Gasteiger charge is -2.33. The second-order valence-corrected chi connectivity index (χ2v) is 7.34. The lowest BCUT2D eigenvalue weighted by molar-refractivity contribution is -0.0328. The molecule has 4 nitrogen and oxygen atoms in total. The zero-order chi connectivity index (χ0) is 19.6. The molecule has 1 aliphatic heterocycles. The first-order chi connectivity index (χ1) is 12.8. The van der Waals surface area contributed by atoms with Crippen LogP contribution in [0, 0.1) is 11.8 Å². The molecule has 146 valence electrons. The Kier molecular flexibility index (Phi) is 5.89. The number of hydrogen-bond donors (Lipinski definition) is 2. The molecule has 1 saturated heterocycles. The summed E-state index contributed by atoms with van der Waals surface area (Å²) in [5, 5.41) is 12.2. The van der Waals surface area contributed by atoms with Gasteiger partial charge in [-0.25, -0.2) is 4.39 Å².